The van der Waals surface area contributed by atoms with Gasteiger partial charge in [-0.3, -0.25) is 19.7 Å². The van der Waals surface area contributed by atoms with E-state index in [0.717, 1.165) is 17.7 Å². The number of benzene rings is 2. The summed E-state index contributed by atoms with van der Waals surface area (Å²) in [4.78, 5) is 35.4. The van der Waals surface area contributed by atoms with Crippen molar-refractivity contribution in [2.75, 3.05) is 16.4 Å². The fraction of sp³-hybridized carbons (Fsp3) is 0.304. The Kier molecular flexibility index (Phi) is 8.36. The molecule has 0 saturated carbocycles. The first-order valence-corrected chi connectivity index (χ1v) is 11.8. The maximum atomic E-state index is 12.6. The minimum atomic E-state index is -0.480. The molecule has 3 aromatic rings. The van der Waals surface area contributed by atoms with E-state index in [4.69, 9.17) is 0 Å². The topological polar surface area (TPSA) is 132 Å². The number of carbonyl (C=O) groups is 2. The molecule has 0 unspecified atom stereocenters. The van der Waals surface area contributed by atoms with Gasteiger partial charge in [-0.2, -0.15) is 0 Å². The molecule has 3 rings (SSSR count). The number of nitro groups is 1. The summed E-state index contributed by atoms with van der Waals surface area (Å²) in [6.07, 6.45) is 0.873. The number of aromatic nitrogens is 3. The molecule has 0 spiro atoms. The molecule has 0 aliphatic heterocycles. The third-order valence-electron chi connectivity index (χ3n) is 5.13. The van der Waals surface area contributed by atoms with Crippen molar-refractivity contribution in [2.24, 2.45) is 0 Å². The van der Waals surface area contributed by atoms with Crippen LogP contribution in [-0.4, -0.2) is 37.3 Å². The number of non-ortho nitro benzene ring substituents is 1. The molecule has 2 N–H and O–H groups in total. The van der Waals surface area contributed by atoms with Gasteiger partial charge in [0.15, 0.2) is 5.16 Å². The van der Waals surface area contributed by atoms with Crippen molar-refractivity contribution in [3.63, 3.8) is 0 Å². The highest BCUT2D eigenvalue weighted by Gasteiger charge is 2.17. The summed E-state index contributed by atoms with van der Waals surface area (Å²) >= 11 is 1.21. The van der Waals surface area contributed by atoms with Crippen LogP contribution in [-0.2, 0) is 29.0 Å². The molecule has 0 fully saturated rings. The molecule has 0 saturated heterocycles. The Balaban J connectivity index is 1.60. The maximum absolute atomic E-state index is 12.6. The Hall–Kier alpha value is -3.73. The second kappa shape index (κ2) is 11.4. The number of hydrogen-bond donors (Lipinski definition) is 2. The summed E-state index contributed by atoms with van der Waals surface area (Å²) in [5.74, 6) is 0.127. The third kappa shape index (κ3) is 6.19. The van der Waals surface area contributed by atoms with E-state index in [2.05, 4.69) is 20.8 Å². The molecule has 2 amide bonds. The highest BCUT2D eigenvalue weighted by atomic mass is 32.2. The molecule has 1 heterocycles. The van der Waals surface area contributed by atoms with E-state index in [1.54, 1.807) is 11.5 Å². The molecule has 34 heavy (non-hydrogen) atoms. The predicted molar refractivity (Wildman–Crippen MR) is 131 cm³/mol. The number of hydrogen-bond acceptors (Lipinski definition) is 7. The Bertz CT molecular complexity index is 1210. The van der Waals surface area contributed by atoms with Crippen LogP contribution in [0.2, 0.25) is 0 Å². The fourth-order valence-electron chi connectivity index (χ4n) is 3.38. The van der Waals surface area contributed by atoms with Crippen LogP contribution in [0.15, 0.2) is 47.6 Å². The summed E-state index contributed by atoms with van der Waals surface area (Å²) in [6, 6.07) is 11.9. The minimum absolute atomic E-state index is 0.0318. The van der Waals surface area contributed by atoms with Crippen LogP contribution < -0.4 is 10.6 Å². The van der Waals surface area contributed by atoms with E-state index < -0.39 is 4.92 Å². The van der Waals surface area contributed by atoms with E-state index in [1.165, 1.54) is 30.0 Å². The van der Waals surface area contributed by atoms with Gasteiger partial charge in [0, 0.05) is 30.1 Å². The Morgan fingerprint density at radius 1 is 1.06 bits per heavy atom. The summed E-state index contributed by atoms with van der Waals surface area (Å²) in [7, 11) is 0. The highest BCUT2D eigenvalue weighted by Crippen LogP contribution is 2.23. The number of para-hydroxylation sites is 1. The second-order valence-electron chi connectivity index (χ2n) is 7.47. The Morgan fingerprint density at radius 3 is 2.47 bits per heavy atom. The molecular formula is C23H26N6O4S. The van der Waals surface area contributed by atoms with Gasteiger partial charge in [-0.15, -0.1) is 10.2 Å². The van der Waals surface area contributed by atoms with Crippen LogP contribution in [0.5, 0.6) is 0 Å². The van der Waals surface area contributed by atoms with Gasteiger partial charge in [-0.05, 0) is 43.5 Å². The number of nitrogens with zero attached hydrogens (tertiary/aromatic N) is 4. The molecule has 0 atom stereocenters. The van der Waals surface area contributed by atoms with Crippen molar-refractivity contribution in [1.82, 2.24) is 14.8 Å². The second-order valence-corrected chi connectivity index (χ2v) is 8.41. The lowest BCUT2D eigenvalue weighted by Crippen LogP contribution is -2.19. The molecule has 1 aromatic heterocycles. The number of amides is 2. The molecule has 0 radical (unpaired) electrons. The molecule has 0 aliphatic rings. The molecule has 11 heteroatoms. The van der Waals surface area contributed by atoms with E-state index in [9.17, 15) is 19.7 Å². The van der Waals surface area contributed by atoms with Crippen molar-refractivity contribution in [3.05, 3.63) is 69.5 Å². The lowest BCUT2D eigenvalue weighted by Gasteiger charge is -2.11. The highest BCUT2D eigenvalue weighted by molar-refractivity contribution is 7.99. The quantitative estimate of drug-likeness (QED) is 0.254. The lowest BCUT2D eigenvalue weighted by molar-refractivity contribution is -0.384. The lowest BCUT2D eigenvalue weighted by atomic mass is 10.1. The van der Waals surface area contributed by atoms with Crippen LogP contribution in [0.3, 0.4) is 0 Å². The standard InChI is InChI=1S/C23H26N6O4S/c1-4-16-8-6-7-9-19(16)25-21(30)13-20-26-27-23(28(20)5-2)34-14-22(31)24-18-11-10-17(29(32)33)12-15(18)3/h6-12H,4-5,13-14H2,1-3H3,(H,24,31)(H,25,30). The molecule has 0 aliphatic carbocycles. The summed E-state index contributed by atoms with van der Waals surface area (Å²) in [5.41, 5.74) is 2.92. The fourth-order valence-corrected chi connectivity index (χ4v) is 4.20. The Morgan fingerprint density at radius 2 is 1.79 bits per heavy atom. The van der Waals surface area contributed by atoms with E-state index >= 15 is 0 Å². The average Bonchev–Trinajstić information content (AvgIpc) is 3.20. The average molecular weight is 483 g/mol. The van der Waals surface area contributed by atoms with Crippen molar-refractivity contribution in [3.8, 4) is 0 Å². The zero-order valence-electron chi connectivity index (χ0n) is 19.2. The zero-order valence-corrected chi connectivity index (χ0v) is 20.0. The van der Waals surface area contributed by atoms with Crippen LogP contribution in [0, 0.1) is 17.0 Å². The summed E-state index contributed by atoms with van der Waals surface area (Å²) < 4.78 is 1.81. The molecular weight excluding hydrogens is 456 g/mol. The van der Waals surface area contributed by atoms with Gasteiger partial charge < -0.3 is 15.2 Å². The van der Waals surface area contributed by atoms with Gasteiger partial charge in [-0.1, -0.05) is 36.9 Å². The van der Waals surface area contributed by atoms with Crippen LogP contribution in [0.25, 0.3) is 0 Å². The zero-order chi connectivity index (χ0) is 24.7. The predicted octanol–water partition coefficient (Wildman–Crippen LogP) is 3.99. The van der Waals surface area contributed by atoms with Gasteiger partial charge in [-0.25, -0.2) is 0 Å². The Labute approximate surface area is 201 Å². The molecule has 178 valence electrons. The van der Waals surface area contributed by atoms with E-state index in [-0.39, 0.29) is 29.7 Å². The first kappa shape index (κ1) is 24.9. The smallest absolute Gasteiger partial charge is 0.269 e. The van der Waals surface area contributed by atoms with Gasteiger partial charge >= 0.3 is 0 Å². The van der Waals surface area contributed by atoms with Crippen molar-refractivity contribution < 1.29 is 14.5 Å². The molecule has 0 bridgehead atoms. The maximum Gasteiger partial charge on any atom is 0.269 e. The first-order valence-electron chi connectivity index (χ1n) is 10.8. The number of aryl methyl sites for hydroxylation is 2. The van der Waals surface area contributed by atoms with Gasteiger partial charge in [0.1, 0.15) is 5.82 Å². The van der Waals surface area contributed by atoms with Gasteiger partial charge in [0.2, 0.25) is 11.8 Å². The van der Waals surface area contributed by atoms with Crippen molar-refractivity contribution >= 4 is 40.6 Å². The van der Waals surface area contributed by atoms with Crippen LogP contribution in [0.4, 0.5) is 17.1 Å². The van der Waals surface area contributed by atoms with E-state index in [0.29, 0.717) is 28.8 Å². The number of nitrogens with one attached hydrogen (secondary N) is 2. The molecule has 10 nitrogen and oxygen atoms in total. The summed E-state index contributed by atoms with van der Waals surface area (Å²) in [6.45, 7) is 6.19. The monoisotopic (exact) mass is 482 g/mol. The molecule has 2 aromatic carbocycles. The van der Waals surface area contributed by atoms with Gasteiger partial charge in [0.25, 0.3) is 5.69 Å². The minimum Gasteiger partial charge on any atom is -0.325 e. The van der Waals surface area contributed by atoms with Crippen LogP contribution >= 0.6 is 11.8 Å². The van der Waals surface area contributed by atoms with Crippen molar-refractivity contribution in [2.45, 2.75) is 45.3 Å². The first-order chi connectivity index (χ1) is 16.3. The van der Waals surface area contributed by atoms with Gasteiger partial charge in [0.05, 0.1) is 17.1 Å². The number of rotatable bonds is 10. The number of carbonyl (C=O) groups excluding carboxylic acids is 2. The number of thioether (sulfide) groups is 1. The largest absolute Gasteiger partial charge is 0.325 e. The van der Waals surface area contributed by atoms with E-state index in [1.807, 2.05) is 38.1 Å². The van der Waals surface area contributed by atoms with Crippen molar-refractivity contribution in [1.29, 1.82) is 0 Å². The SMILES string of the molecule is CCc1ccccc1NC(=O)Cc1nnc(SCC(=O)Nc2ccc([N+](=O)[O-])cc2C)n1CC. The van der Waals surface area contributed by atoms with Crippen LogP contribution in [0.1, 0.15) is 30.8 Å². The number of anilines is 2. The normalized spacial score (nSPS) is 10.7. The number of nitro benzene ring substituents is 1. The third-order valence-corrected chi connectivity index (χ3v) is 6.09. The summed E-state index contributed by atoms with van der Waals surface area (Å²) in [5, 5.41) is 25.4.